The number of aliphatic hydroxyl groups is 1. The van der Waals surface area contributed by atoms with Crippen LogP contribution in [0.25, 0.3) is 0 Å². The van der Waals surface area contributed by atoms with Crippen molar-refractivity contribution in [2.24, 2.45) is 0 Å². The molecule has 1 heterocycles. The molecule has 1 aromatic carbocycles. The van der Waals surface area contributed by atoms with Gasteiger partial charge in [-0.3, -0.25) is 4.98 Å². The predicted octanol–water partition coefficient (Wildman–Crippen LogP) is 3.59. The van der Waals surface area contributed by atoms with E-state index in [1.165, 1.54) is 22.3 Å². The fourth-order valence-corrected chi connectivity index (χ4v) is 2.69. The monoisotopic (exact) mass is 255 g/mol. The van der Waals surface area contributed by atoms with Crippen molar-refractivity contribution in [3.63, 3.8) is 0 Å². The summed E-state index contributed by atoms with van der Waals surface area (Å²) in [6.07, 6.45) is 3.72. The van der Waals surface area contributed by atoms with E-state index in [2.05, 4.69) is 37.9 Å². The summed E-state index contributed by atoms with van der Waals surface area (Å²) in [5.74, 6) is 0. The maximum atomic E-state index is 10.4. The molecule has 0 fully saturated rings. The number of aliphatic hydroxyl groups excluding tert-OH is 1. The maximum absolute atomic E-state index is 10.4. The molecule has 2 aromatic rings. The quantitative estimate of drug-likeness (QED) is 0.909. The summed E-state index contributed by atoms with van der Waals surface area (Å²) < 4.78 is 0. The second kappa shape index (κ2) is 5.54. The van der Waals surface area contributed by atoms with Crippen LogP contribution in [-0.4, -0.2) is 10.1 Å². The fraction of sp³-hybridized carbons (Fsp3) is 0.353. The molecule has 0 bridgehead atoms. The molecule has 2 nitrogen and oxygen atoms in total. The van der Waals surface area contributed by atoms with E-state index in [4.69, 9.17) is 0 Å². The van der Waals surface area contributed by atoms with Crippen LogP contribution in [0.15, 0.2) is 30.6 Å². The van der Waals surface area contributed by atoms with Gasteiger partial charge in [-0.1, -0.05) is 17.7 Å². The number of aromatic nitrogens is 1. The molecule has 1 aromatic heterocycles. The number of pyridine rings is 1. The maximum Gasteiger partial charge on any atom is 0.0834 e. The van der Waals surface area contributed by atoms with Gasteiger partial charge in [-0.25, -0.2) is 0 Å². The van der Waals surface area contributed by atoms with Gasteiger partial charge < -0.3 is 5.11 Å². The molecule has 100 valence electrons. The number of hydrogen-bond acceptors (Lipinski definition) is 2. The van der Waals surface area contributed by atoms with E-state index in [0.29, 0.717) is 6.42 Å². The summed E-state index contributed by atoms with van der Waals surface area (Å²) in [5, 5.41) is 10.4. The number of rotatable bonds is 3. The van der Waals surface area contributed by atoms with Crippen LogP contribution in [0.3, 0.4) is 0 Å². The Morgan fingerprint density at radius 3 is 2.26 bits per heavy atom. The van der Waals surface area contributed by atoms with Gasteiger partial charge in [0.1, 0.15) is 0 Å². The van der Waals surface area contributed by atoms with Gasteiger partial charge in [-0.15, -0.1) is 0 Å². The van der Waals surface area contributed by atoms with Crippen molar-refractivity contribution in [3.8, 4) is 0 Å². The van der Waals surface area contributed by atoms with Crippen molar-refractivity contribution < 1.29 is 5.11 Å². The SMILES string of the molecule is Cc1cc(C)c(CC(O)c2ccncc2C)c(C)c1. The first-order valence-corrected chi connectivity index (χ1v) is 6.64. The lowest BCUT2D eigenvalue weighted by Crippen LogP contribution is -2.07. The highest BCUT2D eigenvalue weighted by Crippen LogP contribution is 2.25. The van der Waals surface area contributed by atoms with Crippen LogP contribution in [0.1, 0.15) is 39.5 Å². The van der Waals surface area contributed by atoms with Crippen molar-refractivity contribution in [2.75, 3.05) is 0 Å². The standard InChI is InChI=1S/C17H21NO/c1-11-7-12(2)16(13(3)8-11)9-17(19)15-5-6-18-10-14(15)4/h5-8,10,17,19H,9H2,1-4H3. The summed E-state index contributed by atoms with van der Waals surface area (Å²) in [4.78, 5) is 4.07. The molecule has 0 amide bonds. The van der Waals surface area contributed by atoms with Crippen LogP contribution >= 0.6 is 0 Å². The van der Waals surface area contributed by atoms with E-state index in [9.17, 15) is 5.11 Å². The number of hydrogen-bond donors (Lipinski definition) is 1. The minimum atomic E-state index is -0.469. The second-order valence-corrected chi connectivity index (χ2v) is 5.33. The Balaban J connectivity index is 2.29. The first-order valence-electron chi connectivity index (χ1n) is 6.64. The molecule has 1 atom stereocenters. The Morgan fingerprint density at radius 1 is 1.05 bits per heavy atom. The zero-order chi connectivity index (χ0) is 14.0. The third-order valence-corrected chi connectivity index (χ3v) is 3.66. The zero-order valence-corrected chi connectivity index (χ0v) is 12.1. The molecular weight excluding hydrogens is 234 g/mol. The molecule has 0 aliphatic carbocycles. The lowest BCUT2D eigenvalue weighted by molar-refractivity contribution is 0.177. The first-order chi connectivity index (χ1) is 8.99. The van der Waals surface area contributed by atoms with Crippen molar-refractivity contribution in [2.45, 2.75) is 40.2 Å². The number of nitrogens with zero attached hydrogens (tertiary/aromatic N) is 1. The topological polar surface area (TPSA) is 33.1 Å². The summed E-state index contributed by atoms with van der Waals surface area (Å²) in [5.41, 5.74) is 7.03. The fourth-order valence-electron chi connectivity index (χ4n) is 2.69. The molecule has 2 rings (SSSR count). The van der Waals surface area contributed by atoms with Gasteiger partial charge in [-0.05, 0) is 61.6 Å². The van der Waals surface area contributed by atoms with Crippen molar-refractivity contribution in [1.82, 2.24) is 4.98 Å². The van der Waals surface area contributed by atoms with E-state index in [0.717, 1.165) is 11.1 Å². The van der Waals surface area contributed by atoms with Gasteiger partial charge in [-0.2, -0.15) is 0 Å². The van der Waals surface area contributed by atoms with Crippen molar-refractivity contribution in [3.05, 3.63) is 64.0 Å². The van der Waals surface area contributed by atoms with E-state index in [1.54, 1.807) is 12.4 Å². The predicted molar refractivity (Wildman–Crippen MR) is 78.3 cm³/mol. The summed E-state index contributed by atoms with van der Waals surface area (Å²) in [7, 11) is 0. The summed E-state index contributed by atoms with van der Waals surface area (Å²) >= 11 is 0. The second-order valence-electron chi connectivity index (χ2n) is 5.33. The highest BCUT2D eigenvalue weighted by atomic mass is 16.3. The van der Waals surface area contributed by atoms with Crippen LogP contribution in [0, 0.1) is 27.7 Å². The average molecular weight is 255 g/mol. The Kier molecular flexibility index (Phi) is 4.01. The molecule has 19 heavy (non-hydrogen) atoms. The van der Waals surface area contributed by atoms with E-state index >= 15 is 0 Å². The van der Waals surface area contributed by atoms with Crippen LogP contribution in [0.5, 0.6) is 0 Å². The van der Waals surface area contributed by atoms with Crippen LogP contribution in [-0.2, 0) is 6.42 Å². The van der Waals surface area contributed by atoms with Gasteiger partial charge in [0.2, 0.25) is 0 Å². The van der Waals surface area contributed by atoms with Gasteiger partial charge in [0.15, 0.2) is 0 Å². The van der Waals surface area contributed by atoms with E-state index in [-0.39, 0.29) is 0 Å². The van der Waals surface area contributed by atoms with Crippen LogP contribution in [0.4, 0.5) is 0 Å². The number of aryl methyl sites for hydroxylation is 4. The highest BCUT2D eigenvalue weighted by molar-refractivity contribution is 5.39. The van der Waals surface area contributed by atoms with Gasteiger partial charge in [0.25, 0.3) is 0 Å². The molecule has 0 aliphatic rings. The Bertz CT molecular complexity index is 567. The molecular formula is C17H21NO. The van der Waals surface area contributed by atoms with E-state index in [1.807, 2.05) is 13.0 Å². The van der Waals surface area contributed by atoms with Gasteiger partial charge >= 0.3 is 0 Å². The third-order valence-electron chi connectivity index (χ3n) is 3.66. The normalized spacial score (nSPS) is 12.5. The van der Waals surface area contributed by atoms with E-state index < -0.39 is 6.10 Å². The minimum absolute atomic E-state index is 0.469. The summed E-state index contributed by atoms with van der Waals surface area (Å²) in [6, 6.07) is 6.25. The largest absolute Gasteiger partial charge is 0.388 e. The van der Waals surface area contributed by atoms with Crippen LogP contribution < -0.4 is 0 Å². The molecule has 1 unspecified atom stereocenters. The van der Waals surface area contributed by atoms with Crippen molar-refractivity contribution >= 4 is 0 Å². The Morgan fingerprint density at radius 2 is 1.68 bits per heavy atom. The molecule has 0 aliphatic heterocycles. The zero-order valence-electron chi connectivity index (χ0n) is 12.1. The van der Waals surface area contributed by atoms with Crippen LogP contribution in [0.2, 0.25) is 0 Å². The molecule has 0 radical (unpaired) electrons. The molecule has 0 saturated heterocycles. The third kappa shape index (κ3) is 3.02. The minimum Gasteiger partial charge on any atom is -0.388 e. The highest BCUT2D eigenvalue weighted by Gasteiger charge is 2.14. The lowest BCUT2D eigenvalue weighted by atomic mass is 9.92. The molecule has 0 spiro atoms. The van der Waals surface area contributed by atoms with Crippen molar-refractivity contribution in [1.29, 1.82) is 0 Å². The van der Waals surface area contributed by atoms with Gasteiger partial charge in [0, 0.05) is 18.8 Å². The molecule has 2 heteroatoms. The first kappa shape index (κ1) is 13.8. The average Bonchev–Trinajstić information content (AvgIpc) is 2.34. The molecule has 1 N–H and O–H groups in total. The van der Waals surface area contributed by atoms with Gasteiger partial charge in [0.05, 0.1) is 6.10 Å². The Labute approximate surface area is 115 Å². The Hall–Kier alpha value is -1.67. The smallest absolute Gasteiger partial charge is 0.0834 e. The lowest BCUT2D eigenvalue weighted by Gasteiger charge is -2.17. The molecule has 0 saturated carbocycles. The number of benzene rings is 1. The summed E-state index contributed by atoms with van der Waals surface area (Å²) in [6.45, 7) is 8.32.